The normalized spacial score (nSPS) is 19.1. The van der Waals surface area contributed by atoms with Crippen LogP contribution in [0.3, 0.4) is 0 Å². The molecule has 2 atom stereocenters. The van der Waals surface area contributed by atoms with Gasteiger partial charge in [-0.2, -0.15) is 13.2 Å². The number of aliphatic hydroxyl groups is 1. The van der Waals surface area contributed by atoms with E-state index in [1.54, 1.807) is 31.3 Å². The Kier molecular flexibility index (Phi) is 8.47. The quantitative estimate of drug-likeness (QED) is 0.353. The Hall–Kier alpha value is -4.02. The molecule has 5 rings (SSSR count). The second kappa shape index (κ2) is 12.1. The summed E-state index contributed by atoms with van der Waals surface area (Å²) >= 11 is 0. The Labute approximate surface area is 242 Å². The number of para-hydroxylation sites is 1. The number of nitrogens with zero attached hydrogens (tertiary/aromatic N) is 3. The Morgan fingerprint density at radius 2 is 1.69 bits per heavy atom. The van der Waals surface area contributed by atoms with Crippen molar-refractivity contribution in [3.63, 3.8) is 0 Å². The number of alkyl halides is 3. The number of benzodiazepines with no additional fused rings is 1. The molecule has 1 saturated carbocycles. The Morgan fingerprint density at radius 1 is 1.05 bits per heavy atom. The number of likely N-dealkylation sites (N-methyl/N-ethyl adjacent to an activating group) is 1. The van der Waals surface area contributed by atoms with Gasteiger partial charge in [0, 0.05) is 31.3 Å². The van der Waals surface area contributed by atoms with Crippen molar-refractivity contribution in [1.82, 2.24) is 10.2 Å². The topological polar surface area (TPSA) is 85.2 Å². The molecule has 2 amide bonds. The first kappa shape index (κ1) is 29.5. The molecule has 1 unspecified atom stereocenters. The number of rotatable bonds is 9. The standard InChI is InChI=1S/C32H33F3N4O3/c1-38-26-12-6-5-11-25(26)28(23-13-15-24(16-14-23)32(33,34)35)37-29(30(38)42)39(21-40)31(17-7-8-18-31)20-36-19-27(41)22-9-3-2-4-10-22/h2-6,9-16,21,27,29,36,41H,7-8,17-20H2,1H3/t27-,29?/m1/s1. The van der Waals surface area contributed by atoms with Gasteiger partial charge in [0.25, 0.3) is 5.91 Å². The average Bonchev–Trinajstić information content (AvgIpc) is 3.44. The third-order valence-corrected chi connectivity index (χ3v) is 8.24. The fraction of sp³-hybridized carbons (Fsp3) is 0.344. The number of nitrogens with one attached hydrogen (secondary N) is 1. The Morgan fingerprint density at radius 3 is 2.33 bits per heavy atom. The summed E-state index contributed by atoms with van der Waals surface area (Å²) in [6.07, 6.45) is -2.88. The zero-order valence-electron chi connectivity index (χ0n) is 23.2. The van der Waals surface area contributed by atoms with Crippen LogP contribution in [0.2, 0.25) is 0 Å². The van der Waals surface area contributed by atoms with Crippen LogP contribution in [0, 0.1) is 0 Å². The number of aliphatic hydroxyl groups excluding tert-OH is 1. The van der Waals surface area contributed by atoms with Crippen molar-refractivity contribution in [2.75, 3.05) is 25.0 Å². The van der Waals surface area contributed by atoms with Crippen molar-refractivity contribution in [3.05, 3.63) is 101 Å². The zero-order chi connectivity index (χ0) is 29.9. The summed E-state index contributed by atoms with van der Waals surface area (Å²) in [4.78, 5) is 34.5. The van der Waals surface area contributed by atoms with E-state index in [4.69, 9.17) is 4.99 Å². The van der Waals surface area contributed by atoms with E-state index < -0.39 is 35.5 Å². The molecule has 1 aliphatic heterocycles. The summed E-state index contributed by atoms with van der Waals surface area (Å²) in [5.41, 5.74) is 1.08. The summed E-state index contributed by atoms with van der Waals surface area (Å²) in [6, 6.07) is 21.0. The summed E-state index contributed by atoms with van der Waals surface area (Å²) in [5.74, 6) is -0.424. The van der Waals surface area contributed by atoms with Gasteiger partial charge in [-0.3, -0.25) is 9.59 Å². The number of carbonyl (C=O) groups excluding carboxylic acids is 2. The van der Waals surface area contributed by atoms with Crippen LogP contribution >= 0.6 is 0 Å². The molecule has 0 radical (unpaired) electrons. The molecule has 7 nitrogen and oxygen atoms in total. The molecule has 0 aromatic heterocycles. The lowest BCUT2D eigenvalue weighted by molar-refractivity contribution is -0.137. The van der Waals surface area contributed by atoms with E-state index >= 15 is 0 Å². The number of anilines is 1. The number of fused-ring (bicyclic) bond motifs is 1. The molecule has 0 spiro atoms. The molecule has 3 aromatic rings. The highest BCUT2D eigenvalue weighted by Gasteiger charge is 2.46. The van der Waals surface area contributed by atoms with E-state index in [1.165, 1.54) is 21.9 Å². The fourth-order valence-electron chi connectivity index (χ4n) is 5.96. The maximum Gasteiger partial charge on any atom is 0.416 e. The molecule has 2 aliphatic rings. The highest BCUT2D eigenvalue weighted by molar-refractivity contribution is 6.20. The largest absolute Gasteiger partial charge is 0.416 e. The van der Waals surface area contributed by atoms with Crippen LogP contribution in [-0.4, -0.2) is 59.9 Å². The molecule has 0 bridgehead atoms. The smallest absolute Gasteiger partial charge is 0.387 e. The minimum absolute atomic E-state index is 0.252. The van der Waals surface area contributed by atoms with Gasteiger partial charge in [-0.15, -0.1) is 0 Å². The van der Waals surface area contributed by atoms with Crippen molar-refractivity contribution in [2.45, 2.75) is 49.7 Å². The van der Waals surface area contributed by atoms with Gasteiger partial charge in [-0.05, 0) is 36.6 Å². The van der Waals surface area contributed by atoms with Gasteiger partial charge in [0.15, 0.2) is 0 Å². The van der Waals surface area contributed by atoms with Gasteiger partial charge in [0.05, 0.1) is 28.6 Å². The van der Waals surface area contributed by atoms with Gasteiger partial charge in [-0.1, -0.05) is 73.5 Å². The molecule has 42 heavy (non-hydrogen) atoms. The summed E-state index contributed by atoms with van der Waals surface area (Å²) < 4.78 is 39.9. The van der Waals surface area contributed by atoms with Crippen LogP contribution in [0.15, 0.2) is 83.9 Å². The highest BCUT2D eigenvalue weighted by Crippen LogP contribution is 2.38. The first-order chi connectivity index (χ1) is 20.1. The molecule has 1 fully saturated rings. The number of carbonyl (C=O) groups is 2. The van der Waals surface area contributed by atoms with Gasteiger partial charge in [-0.25, -0.2) is 4.99 Å². The summed E-state index contributed by atoms with van der Waals surface area (Å²) in [7, 11) is 1.61. The first-order valence-corrected chi connectivity index (χ1v) is 13.9. The number of amides is 2. The summed E-state index contributed by atoms with van der Waals surface area (Å²) in [5, 5.41) is 14.0. The minimum Gasteiger partial charge on any atom is -0.387 e. The van der Waals surface area contributed by atoms with Gasteiger partial charge in [0.1, 0.15) is 0 Å². The van der Waals surface area contributed by atoms with E-state index in [9.17, 15) is 27.9 Å². The van der Waals surface area contributed by atoms with Gasteiger partial charge < -0.3 is 20.2 Å². The van der Waals surface area contributed by atoms with E-state index in [-0.39, 0.29) is 6.54 Å². The molecule has 2 N–H and O–H groups in total. The molecule has 220 valence electrons. The maximum atomic E-state index is 13.9. The molecular formula is C32H33F3N4O3. The molecular weight excluding hydrogens is 545 g/mol. The molecule has 3 aromatic carbocycles. The van der Waals surface area contributed by atoms with Crippen LogP contribution in [-0.2, 0) is 15.8 Å². The number of aliphatic imine (C=N–C) groups is 1. The molecule has 1 aliphatic carbocycles. The number of benzene rings is 3. The lowest BCUT2D eigenvalue weighted by atomic mass is 9.94. The molecule has 0 saturated heterocycles. The van der Waals surface area contributed by atoms with Crippen molar-refractivity contribution >= 4 is 23.7 Å². The second-order valence-electron chi connectivity index (χ2n) is 10.8. The number of halogens is 3. The highest BCUT2D eigenvalue weighted by atomic mass is 19.4. The summed E-state index contributed by atoms with van der Waals surface area (Å²) in [6.45, 7) is 0.587. The SMILES string of the molecule is CN1C(=O)C(N(C=O)C2(CNC[C@@H](O)c3ccccc3)CCCC2)N=C(c2ccc(C(F)(F)F)cc2)c2ccccc21. The molecule has 10 heteroatoms. The van der Waals surface area contributed by atoms with Gasteiger partial charge >= 0.3 is 6.18 Å². The van der Waals surface area contributed by atoms with Crippen molar-refractivity contribution in [3.8, 4) is 0 Å². The minimum atomic E-state index is -4.50. The van der Waals surface area contributed by atoms with Crippen molar-refractivity contribution in [1.29, 1.82) is 0 Å². The lowest BCUT2D eigenvalue weighted by Crippen LogP contribution is -2.60. The maximum absolute atomic E-state index is 13.9. The zero-order valence-corrected chi connectivity index (χ0v) is 23.2. The monoisotopic (exact) mass is 578 g/mol. The average molecular weight is 579 g/mol. The Bertz CT molecular complexity index is 1440. The third-order valence-electron chi connectivity index (χ3n) is 8.24. The van der Waals surface area contributed by atoms with E-state index in [0.717, 1.165) is 30.5 Å². The van der Waals surface area contributed by atoms with Crippen LogP contribution in [0.4, 0.5) is 18.9 Å². The first-order valence-electron chi connectivity index (χ1n) is 13.9. The lowest BCUT2D eigenvalue weighted by Gasteiger charge is -2.42. The van der Waals surface area contributed by atoms with Crippen molar-refractivity contribution in [2.24, 2.45) is 4.99 Å². The van der Waals surface area contributed by atoms with E-state index in [2.05, 4.69) is 5.32 Å². The van der Waals surface area contributed by atoms with Gasteiger partial charge in [0.2, 0.25) is 12.6 Å². The molecule has 1 heterocycles. The van der Waals surface area contributed by atoms with Crippen LogP contribution in [0.1, 0.15) is 54.0 Å². The number of hydrogen-bond donors (Lipinski definition) is 2. The van der Waals surface area contributed by atoms with E-state index in [1.807, 2.05) is 30.3 Å². The van der Waals surface area contributed by atoms with E-state index in [0.29, 0.717) is 48.3 Å². The number of hydrogen-bond acceptors (Lipinski definition) is 5. The van der Waals surface area contributed by atoms with Crippen LogP contribution < -0.4 is 10.2 Å². The Balaban J connectivity index is 1.50. The predicted molar refractivity (Wildman–Crippen MR) is 154 cm³/mol. The van der Waals surface area contributed by atoms with Crippen LogP contribution in [0.25, 0.3) is 0 Å². The third kappa shape index (κ3) is 5.82. The van der Waals surface area contributed by atoms with Crippen LogP contribution in [0.5, 0.6) is 0 Å². The predicted octanol–water partition coefficient (Wildman–Crippen LogP) is 4.94. The second-order valence-corrected chi connectivity index (χ2v) is 10.8. The fourth-order valence-corrected chi connectivity index (χ4v) is 5.96. The van der Waals surface area contributed by atoms with Crippen molar-refractivity contribution < 1.29 is 27.9 Å².